The minimum Gasteiger partial charge on any atom is -0.340 e. The summed E-state index contributed by atoms with van der Waals surface area (Å²) in [6, 6.07) is 6.32. The molecule has 0 bridgehead atoms. The maximum Gasteiger partial charge on any atom is 0.190 e. The number of nitrogens with zero attached hydrogens (tertiary/aromatic N) is 2. The van der Waals surface area contributed by atoms with Crippen LogP contribution in [-0.2, 0) is 0 Å². The van der Waals surface area contributed by atoms with Crippen LogP contribution in [0.5, 0.6) is 0 Å². The van der Waals surface area contributed by atoms with Gasteiger partial charge < -0.3 is 5.32 Å². The minimum atomic E-state index is -0.342. The van der Waals surface area contributed by atoms with Gasteiger partial charge in [0.15, 0.2) is 5.16 Å². The summed E-state index contributed by atoms with van der Waals surface area (Å²) in [5, 5.41) is 3.88. The van der Waals surface area contributed by atoms with E-state index in [1.54, 1.807) is 18.2 Å². The highest BCUT2D eigenvalue weighted by Crippen LogP contribution is 2.23. The highest BCUT2D eigenvalue weighted by Gasteiger charge is 2.05. The van der Waals surface area contributed by atoms with Crippen molar-refractivity contribution in [1.29, 1.82) is 0 Å². The van der Waals surface area contributed by atoms with Gasteiger partial charge in [-0.15, -0.1) is 0 Å². The highest BCUT2D eigenvalue weighted by atomic mass is 79.9. The van der Waals surface area contributed by atoms with E-state index in [-0.39, 0.29) is 5.82 Å². The zero-order valence-electron chi connectivity index (χ0n) is 9.25. The normalized spacial score (nSPS) is 10.4. The van der Waals surface area contributed by atoms with Crippen LogP contribution in [0.4, 0.5) is 15.9 Å². The van der Waals surface area contributed by atoms with Gasteiger partial charge in [-0.3, -0.25) is 0 Å². The molecule has 18 heavy (non-hydrogen) atoms. The molecule has 0 aliphatic rings. The molecule has 7 heteroatoms. The predicted molar refractivity (Wildman–Crippen MR) is 76.2 cm³/mol. The average Bonchev–Trinajstić information content (AvgIpc) is 2.33. The second-order valence-electron chi connectivity index (χ2n) is 3.32. The molecular weight excluding hydrogens is 341 g/mol. The van der Waals surface area contributed by atoms with Gasteiger partial charge in [0, 0.05) is 11.8 Å². The topological polar surface area (TPSA) is 37.8 Å². The largest absolute Gasteiger partial charge is 0.340 e. The molecule has 1 N–H and O–H groups in total. The highest BCUT2D eigenvalue weighted by molar-refractivity contribution is 9.10. The lowest BCUT2D eigenvalue weighted by Crippen LogP contribution is -1.97. The number of rotatable bonds is 3. The van der Waals surface area contributed by atoms with E-state index in [1.165, 1.54) is 17.8 Å². The molecule has 3 nitrogen and oxygen atoms in total. The Morgan fingerprint density at radius 3 is 2.78 bits per heavy atom. The number of aromatic nitrogens is 2. The Hall–Kier alpha value is -0.850. The van der Waals surface area contributed by atoms with Gasteiger partial charge in [0.1, 0.15) is 16.8 Å². The smallest absolute Gasteiger partial charge is 0.190 e. The molecule has 0 aliphatic heterocycles. The number of benzene rings is 1. The fourth-order valence-corrected chi connectivity index (χ4v) is 2.13. The van der Waals surface area contributed by atoms with Crippen molar-refractivity contribution < 1.29 is 4.39 Å². The van der Waals surface area contributed by atoms with E-state index < -0.39 is 0 Å². The van der Waals surface area contributed by atoms with Crippen LogP contribution in [0.15, 0.2) is 33.9 Å². The number of hydrogen-bond donors (Lipinski definition) is 1. The Balaban J connectivity index is 2.27. The van der Waals surface area contributed by atoms with Gasteiger partial charge >= 0.3 is 0 Å². The van der Waals surface area contributed by atoms with Crippen LogP contribution in [0.25, 0.3) is 0 Å². The van der Waals surface area contributed by atoms with E-state index in [0.717, 1.165) is 0 Å². The van der Waals surface area contributed by atoms with Crippen LogP contribution in [0.2, 0.25) is 5.15 Å². The number of nitrogens with one attached hydrogen (secondary N) is 1. The molecule has 0 saturated heterocycles. The van der Waals surface area contributed by atoms with Crippen molar-refractivity contribution >= 4 is 50.8 Å². The minimum absolute atomic E-state index is 0.342. The molecular formula is C11H8BrClFN3S. The van der Waals surface area contributed by atoms with E-state index in [2.05, 4.69) is 31.2 Å². The standard InChI is InChI=1S/C11H8BrClFN3S/c1-18-11-16-9(13)5-10(17-11)15-6-2-3-7(12)8(14)4-6/h2-5H,1H3,(H,15,16,17). The third kappa shape index (κ3) is 3.34. The lowest BCUT2D eigenvalue weighted by molar-refractivity contribution is 0.622. The summed E-state index contributed by atoms with van der Waals surface area (Å²) in [6.45, 7) is 0. The molecule has 0 spiro atoms. The molecule has 0 saturated carbocycles. The van der Waals surface area contributed by atoms with Crippen molar-refractivity contribution in [3.05, 3.63) is 39.7 Å². The summed E-state index contributed by atoms with van der Waals surface area (Å²) >= 11 is 10.3. The quantitative estimate of drug-likeness (QED) is 0.503. The molecule has 1 aromatic heterocycles. The predicted octanol–water partition coefficient (Wildman–Crippen LogP) is 4.50. The Labute approximate surface area is 121 Å². The van der Waals surface area contributed by atoms with E-state index in [4.69, 9.17) is 11.6 Å². The zero-order chi connectivity index (χ0) is 13.1. The van der Waals surface area contributed by atoms with Crippen LogP contribution < -0.4 is 5.32 Å². The molecule has 0 radical (unpaired) electrons. The summed E-state index contributed by atoms with van der Waals surface area (Å²) in [7, 11) is 0. The van der Waals surface area contributed by atoms with Gasteiger partial charge in [0.05, 0.1) is 4.47 Å². The SMILES string of the molecule is CSc1nc(Cl)cc(Nc2ccc(Br)c(F)c2)n1. The van der Waals surface area contributed by atoms with Gasteiger partial charge in [-0.25, -0.2) is 14.4 Å². The summed E-state index contributed by atoms with van der Waals surface area (Å²) in [6.07, 6.45) is 1.86. The lowest BCUT2D eigenvalue weighted by atomic mass is 10.3. The third-order valence-electron chi connectivity index (χ3n) is 2.05. The maximum atomic E-state index is 13.4. The molecule has 0 atom stereocenters. The van der Waals surface area contributed by atoms with Gasteiger partial charge in [-0.2, -0.15) is 0 Å². The lowest BCUT2D eigenvalue weighted by Gasteiger charge is -2.07. The summed E-state index contributed by atoms with van der Waals surface area (Å²) in [4.78, 5) is 8.24. The van der Waals surface area contributed by atoms with Crippen molar-refractivity contribution in [1.82, 2.24) is 9.97 Å². The van der Waals surface area contributed by atoms with Crippen molar-refractivity contribution in [2.24, 2.45) is 0 Å². The number of halogens is 3. The number of hydrogen-bond acceptors (Lipinski definition) is 4. The molecule has 1 heterocycles. The first kappa shape index (κ1) is 13.6. The first-order chi connectivity index (χ1) is 8.58. The van der Waals surface area contributed by atoms with Gasteiger partial charge in [-0.05, 0) is 40.4 Å². The molecule has 0 fully saturated rings. The Morgan fingerprint density at radius 1 is 1.33 bits per heavy atom. The summed E-state index contributed by atoms with van der Waals surface area (Å²) in [5.74, 6) is 0.186. The van der Waals surface area contributed by atoms with Crippen LogP contribution in [0, 0.1) is 5.82 Å². The third-order valence-corrected chi connectivity index (χ3v) is 3.43. The molecule has 1 aromatic carbocycles. The molecule has 0 unspecified atom stereocenters. The van der Waals surface area contributed by atoms with Gasteiger partial charge in [-0.1, -0.05) is 23.4 Å². The first-order valence-electron chi connectivity index (χ1n) is 4.89. The maximum absolute atomic E-state index is 13.4. The second-order valence-corrected chi connectivity index (χ2v) is 5.33. The van der Waals surface area contributed by atoms with Crippen LogP contribution in [0.3, 0.4) is 0 Å². The van der Waals surface area contributed by atoms with Crippen LogP contribution in [0.1, 0.15) is 0 Å². The van der Waals surface area contributed by atoms with Crippen molar-refractivity contribution in [3.8, 4) is 0 Å². The molecule has 0 aliphatic carbocycles. The van der Waals surface area contributed by atoms with Crippen molar-refractivity contribution in [3.63, 3.8) is 0 Å². The van der Waals surface area contributed by atoms with E-state index in [1.807, 2.05) is 6.26 Å². The second kappa shape index (κ2) is 5.86. The summed E-state index contributed by atoms with van der Waals surface area (Å²) < 4.78 is 13.8. The van der Waals surface area contributed by atoms with Gasteiger partial charge in [0.2, 0.25) is 0 Å². The zero-order valence-corrected chi connectivity index (χ0v) is 12.4. The first-order valence-corrected chi connectivity index (χ1v) is 7.28. The molecule has 2 rings (SSSR count). The molecule has 0 amide bonds. The van der Waals surface area contributed by atoms with Crippen molar-refractivity contribution in [2.75, 3.05) is 11.6 Å². The fourth-order valence-electron chi connectivity index (χ4n) is 1.27. The molecule has 94 valence electrons. The van der Waals surface area contributed by atoms with E-state index in [9.17, 15) is 4.39 Å². The Kier molecular flexibility index (Phi) is 4.42. The summed E-state index contributed by atoms with van der Waals surface area (Å²) in [5.41, 5.74) is 0.595. The van der Waals surface area contributed by atoms with E-state index in [0.29, 0.717) is 26.3 Å². The number of thioether (sulfide) groups is 1. The van der Waals surface area contributed by atoms with Crippen molar-refractivity contribution in [2.45, 2.75) is 5.16 Å². The Bertz CT molecular complexity index is 582. The number of anilines is 2. The van der Waals surface area contributed by atoms with Crippen LogP contribution in [-0.4, -0.2) is 16.2 Å². The fraction of sp³-hybridized carbons (Fsp3) is 0.0909. The van der Waals surface area contributed by atoms with Crippen LogP contribution >= 0.6 is 39.3 Å². The molecule has 2 aromatic rings. The average molecular weight is 349 g/mol. The van der Waals surface area contributed by atoms with Gasteiger partial charge in [0.25, 0.3) is 0 Å². The Morgan fingerprint density at radius 2 is 2.11 bits per heavy atom. The van der Waals surface area contributed by atoms with E-state index >= 15 is 0 Å². The monoisotopic (exact) mass is 347 g/mol.